The van der Waals surface area contributed by atoms with Crippen molar-refractivity contribution >= 4 is 34.7 Å². The second-order valence-electron chi connectivity index (χ2n) is 3.75. The quantitative estimate of drug-likeness (QED) is 0.831. The molecule has 0 radical (unpaired) electrons. The lowest BCUT2D eigenvalue weighted by atomic mass is 10.2. The van der Waals surface area contributed by atoms with Gasteiger partial charge in [-0.3, -0.25) is 0 Å². The second-order valence-corrected chi connectivity index (χ2v) is 4.52. The van der Waals surface area contributed by atoms with Gasteiger partial charge in [0.15, 0.2) is 0 Å². The van der Waals surface area contributed by atoms with Crippen molar-refractivity contribution in [3.05, 3.63) is 45.8 Å². The Balaban J connectivity index is 2.34. The lowest BCUT2D eigenvalue weighted by Crippen LogP contribution is -1.98. The van der Waals surface area contributed by atoms with E-state index in [9.17, 15) is 0 Å². The van der Waals surface area contributed by atoms with Crippen LogP contribution in [0.5, 0.6) is 0 Å². The van der Waals surface area contributed by atoms with Gasteiger partial charge in [-0.2, -0.15) is 0 Å². The Bertz CT molecular complexity index is 535. The monoisotopic (exact) mass is 267 g/mol. The van der Waals surface area contributed by atoms with Crippen molar-refractivity contribution in [3.8, 4) is 0 Å². The maximum Gasteiger partial charge on any atom is 0.224 e. The SMILES string of the molecule is Cc1cc(Nc2cc(Cl)ccc2C)nc(Cl)n1. The van der Waals surface area contributed by atoms with Crippen molar-refractivity contribution in [2.75, 3.05) is 5.32 Å². The molecular formula is C12H11Cl2N3. The van der Waals surface area contributed by atoms with Gasteiger partial charge in [-0.1, -0.05) is 17.7 Å². The highest BCUT2D eigenvalue weighted by Gasteiger charge is 2.03. The number of rotatable bonds is 2. The number of aromatic nitrogens is 2. The lowest BCUT2D eigenvalue weighted by Gasteiger charge is -2.09. The molecule has 0 aliphatic rings. The Morgan fingerprint density at radius 1 is 1.06 bits per heavy atom. The summed E-state index contributed by atoms with van der Waals surface area (Å²) in [5, 5.41) is 4.08. The molecule has 0 aliphatic carbocycles. The maximum atomic E-state index is 5.95. The molecule has 0 atom stereocenters. The summed E-state index contributed by atoms with van der Waals surface area (Å²) in [5.74, 6) is 0.660. The van der Waals surface area contributed by atoms with Crippen molar-refractivity contribution < 1.29 is 0 Å². The normalized spacial score (nSPS) is 10.4. The van der Waals surface area contributed by atoms with Crippen LogP contribution in [0.25, 0.3) is 0 Å². The number of anilines is 2. The average molecular weight is 268 g/mol. The fraction of sp³-hybridized carbons (Fsp3) is 0.167. The molecule has 3 nitrogen and oxygen atoms in total. The van der Waals surface area contributed by atoms with Crippen LogP contribution in [0.15, 0.2) is 24.3 Å². The molecule has 88 valence electrons. The summed E-state index contributed by atoms with van der Waals surface area (Å²) in [7, 11) is 0. The number of benzene rings is 1. The Labute approximate surface area is 110 Å². The molecule has 1 N–H and O–H groups in total. The molecular weight excluding hydrogens is 257 g/mol. The van der Waals surface area contributed by atoms with Gasteiger partial charge in [0.25, 0.3) is 0 Å². The van der Waals surface area contributed by atoms with E-state index in [1.165, 1.54) is 0 Å². The summed E-state index contributed by atoms with van der Waals surface area (Å²) >= 11 is 11.7. The number of nitrogens with one attached hydrogen (secondary N) is 1. The summed E-state index contributed by atoms with van der Waals surface area (Å²) in [6.07, 6.45) is 0. The highest BCUT2D eigenvalue weighted by Crippen LogP contribution is 2.23. The van der Waals surface area contributed by atoms with Crippen molar-refractivity contribution in [1.29, 1.82) is 0 Å². The zero-order valence-electron chi connectivity index (χ0n) is 9.46. The van der Waals surface area contributed by atoms with Crippen molar-refractivity contribution in [2.45, 2.75) is 13.8 Å². The van der Waals surface area contributed by atoms with Crippen molar-refractivity contribution in [1.82, 2.24) is 9.97 Å². The van der Waals surface area contributed by atoms with Gasteiger partial charge in [-0.25, -0.2) is 9.97 Å². The minimum atomic E-state index is 0.229. The molecule has 1 aromatic carbocycles. The smallest absolute Gasteiger partial charge is 0.224 e. The van der Waals surface area contributed by atoms with Crippen LogP contribution >= 0.6 is 23.2 Å². The summed E-state index contributed by atoms with van der Waals surface area (Å²) in [6.45, 7) is 3.86. The lowest BCUT2D eigenvalue weighted by molar-refractivity contribution is 1.10. The summed E-state index contributed by atoms with van der Waals surface area (Å²) in [4.78, 5) is 8.10. The predicted molar refractivity (Wildman–Crippen MR) is 71.3 cm³/mol. The third-order valence-corrected chi connectivity index (χ3v) is 2.69. The van der Waals surface area contributed by atoms with E-state index in [2.05, 4.69) is 15.3 Å². The molecule has 0 aliphatic heterocycles. The molecule has 0 spiro atoms. The molecule has 0 amide bonds. The van der Waals surface area contributed by atoms with Crippen LogP contribution in [0.3, 0.4) is 0 Å². The number of halogens is 2. The Morgan fingerprint density at radius 3 is 2.53 bits per heavy atom. The molecule has 0 fully saturated rings. The van der Waals surface area contributed by atoms with Gasteiger partial charge >= 0.3 is 0 Å². The standard InChI is InChI=1S/C12H11Cl2N3/c1-7-3-4-9(13)6-10(7)16-11-5-8(2)15-12(14)17-11/h3-6H,1-2H3,(H,15,16,17). The topological polar surface area (TPSA) is 37.8 Å². The first-order valence-electron chi connectivity index (χ1n) is 5.09. The van der Waals surface area contributed by atoms with E-state index in [4.69, 9.17) is 23.2 Å². The number of hydrogen-bond donors (Lipinski definition) is 1. The minimum absolute atomic E-state index is 0.229. The minimum Gasteiger partial charge on any atom is -0.340 e. The number of aryl methyl sites for hydroxylation is 2. The van der Waals surface area contributed by atoms with Gasteiger partial charge in [0.1, 0.15) is 5.82 Å². The molecule has 1 heterocycles. The average Bonchev–Trinajstić information content (AvgIpc) is 2.22. The first-order valence-corrected chi connectivity index (χ1v) is 5.84. The molecule has 1 aromatic heterocycles. The van der Waals surface area contributed by atoms with Gasteiger partial charge < -0.3 is 5.32 Å². The zero-order valence-corrected chi connectivity index (χ0v) is 11.0. The Morgan fingerprint density at radius 2 is 1.82 bits per heavy atom. The molecule has 2 rings (SSSR count). The van der Waals surface area contributed by atoms with Crippen molar-refractivity contribution in [2.24, 2.45) is 0 Å². The van der Waals surface area contributed by atoms with Gasteiger partial charge in [-0.05, 0) is 43.1 Å². The van der Waals surface area contributed by atoms with Crippen LogP contribution in [0, 0.1) is 13.8 Å². The van der Waals surface area contributed by atoms with Crippen LogP contribution in [0.4, 0.5) is 11.5 Å². The van der Waals surface area contributed by atoms with Gasteiger partial charge in [0, 0.05) is 22.5 Å². The van der Waals surface area contributed by atoms with Crippen LogP contribution in [0.2, 0.25) is 10.3 Å². The molecule has 0 bridgehead atoms. The van der Waals surface area contributed by atoms with E-state index < -0.39 is 0 Å². The van der Waals surface area contributed by atoms with E-state index in [-0.39, 0.29) is 5.28 Å². The van der Waals surface area contributed by atoms with E-state index in [0.717, 1.165) is 16.9 Å². The predicted octanol–water partition coefficient (Wildman–Crippen LogP) is 4.14. The zero-order chi connectivity index (χ0) is 12.4. The largest absolute Gasteiger partial charge is 0.340 e. The Hall–Kier alpha value is -1.32. The third-order valence-electron chi connectivity index (χ3n) is 2.29. The van der Waals surface area contributed by atoms with Crippen LogP contribution in [-0.2, 0) is 0 Å². The summed E-state index contributed by atoms with van der Waals surface area (Å²) in [6, 6.07) is 7.47. The molecule has 0 saturated heterocycles. The first-order chi connectivity index (χ1) is 8.04. The van der Waals surface area contributed by atoms with Gasteiger partial charge in [0.2, 0.25) is 5.28 Å². The van der Waals surface area contributed by atoms with Crippen LogP contribution < -0.4 is 5.32 Å². The van der Waals surface area contributed by atoms with E-state index in [1.54, 1.807) is 0 Å². The molecule has 17 heavy (non-hydrogen) atoms. The molecule has 2 aromatic rings. The maximum absolute atomic E-state index is 5.95. The van der Waals surface area contributed by atoms with Crippen molar-refractivity contribution in [3.63, 3.8) is 0 Å². The molecule has 0 unspecified atom stereocenters. The molecule has 5 heteroatoms. The third kappa shape index (κ3) is 3.08. The van der Waals surface area contributed by atoms with E-state index >= 15 is 0 Å². The fourth-order valence-corrected chi connectivity index (χ4v) is 1.86. The molecule has 0 saturated carbocycles. The van der Waals surface area contributed by atoms with Gasteiger partial charge in [-0.15, -0.1) is 0 Å². The van der Waals surface area contributed by atoms with Gasteiger partial charge in [0.05, 0.1) is 0 Å². The summed E-state index contributed by atoms with van der Waals surface area (Å²) in [5.41, 5.74) is 2.81. The number of nitrogens with zero attached hydrogens (tertiary/aromatic N) is 2. The first kappa shape index (κ1) is 12.1. The highest BCUT2D eigenvalue weighted by molar-refractivity contribution is 6.31. The highest BCUT2D eigenvalue weighted by atomic mass is 35.5. The van der Waals surface area contributed by atoms with Crippen LogP contribution in [-0.4, -0.2) is 9.97 Å². The Kier molecular flexibility index (Phi) is 3.50. The van der Waals surface area contributed by atoms with E-state index in [1.807, 2.05) is 38.1 Å². The second kappa shape index (κ2) is 4.90. The van der Waals surface area contributed by atoms with Crippen LogP contribution in [0.1, 0.15) is 11.3 Å². The number of hydrogen-bond acceptors (Lipinski definition) is 3. The van der Waals surface area contributed by atoms with E-state index in [0.29, 0.717) is 10.8 Å². The summed E-state index contributed by atoms with van der Waals surface area (Å²) < 4.78 is 0. The fourth-order valence-electron chi connectivity index (χ4n) is 1.46.